The van der Waals surface area contributed by atoms with Crippen LogP contribution in [0, 0.1) is 18.8 Å². The number of carboxylic acid groups (broad SMARTS) is 1. The highest BCUT2D eigenvalue weighted by Crippen LogP contribution is 2.35. The molecule has 2 aromatic rings. The molecule has 3 N–H and O–H groups in total. The van der Waals surface area contributed by atoms with E-state index in [4.69, 9.17) is 5.73 Å². The first-order valence-corrected chi connectivity index (χ1v) is 8.20. The number of hydrogen-bond acceptors (Lipinski definition) is 4. The smallest absolute Gasteiger partial charge is 0.315 e. The van der Waals surface area contributed by atoms with Crippen LogP contribution in [-0.2, 0) is 10.2 Å². The summed E-state index contributed by atoms with van der Waals surface area (Å²) in [6.45, 7) is 8.23. The van der Waals surface area contributed by atoms with Crippen molar-refractivity contribution < 1.29 is 9.90 Å². The molecular formula is C18H26N4O2. The molecule has 0 aliphatic carbocycles. The van der Waals surface area contributed by atoms with Crippen molar-refractivity contribution in [2.24, 2.45) is 17.6 Å². The molecule has 0 bridgehead atoms. The molecule has 0 amide bonds. The lowest BCUT2D eigenvalue weighted by Gasteiger charge is -2.31. The molecule has 0 aromatic carbocycles. The SMILES string of the molecule is Cc1ccc(-n2cnc([C@@](C)(C(=O)O)[C@@H](C)C[C@@H](C)CN)c2)nc1. The Morgan fingerprint density at radius 3 is 2.62 bits per heavy atom. The minimum atomic E-state index is -1.07. The molecule has 0 unspecified atom stereocenters. The number of aliphatic carboxylic acids is 1. The molecule has 24 heavy (non-hydrogen) atoms. The summed E-state index contributed by atoms with van der Waals surface area (Å²) in [7, 11) is 0. The third-order valence-corrected chi connectivity index (χ3v) is 4.86. The molecular weight excluding hydrogens is 304 g/mol. The molecule has 2 rings (SSSR count). The minimum absolute atomic E-state index is 0.0946. The van der Waals surface area contributed by atoms with Gasteiger partial charge in [0.05, 0.1) is 5.69 Å². The standard InChI is InChI=1S/C18H26N4O2/c1-12-5-6-16(20-9-12)22-10-15(21-11-22)18(4,17(23)24)14(3)7-13(2)8-19/h5-6,9-11,13-14H,7-8,19H2,1-4H3,(H,23,24)/t13-,14+,18+/m1/s1. The van der Waals surface area contributed by atoms with Crippen LogP contribution >= 0.6 is 0 Å². The largest absolute Gasteiger partial charge is 0.481 e. The van der Waals surface area contributed by atoms with Crippen molar-refractivity contribution in [3.05, 3.63) is 42.1 Å². The van der Waals surface area contributed by atoms with E-state index in [9.17, 15) is 9.90 Å². The van der Waals surface area contributed by atoms with Crippen molar-refractivity contribution in [3.8, 4) is 5.82 Å². The van der Waals surface area contributed by atoms with E-state index in [1.54, 1.807) is 30.2 Å². The Morgan fingerprint density at radius 2 is 2.08 bits per heavy atom. The summed E-state index contributed by atoms with van der Waals surface area (Å²) in [5.41, 5.74) is 6.23. The van der Waals surface area contributed by atoms with E-state index in [0.29, 0.717) is 12.2 Å². The number of aryl methyl sites for hydroxylation is 1. The number of nitrogens with two attached hydrogens (primary N) is 1. The van der Waals surface area contributed by atoms with Crippen LogP contribution in [0.2, 0.25) is 0 Å². The van der Waals surface area contributed by atoms with Crippen LogP contribution in [0.3, 0.4) is 0 Å². The summed E-state index contributed by atoms with van der Waals surface area (Å²) < 4.78 is 1.76. The fourth-order valence-electron chi connectivity index (χ4n) is 2.84. The number of pyridine rings is 1. The van der Waals surface area contributed by atoms with Gasteiger partial charge in [-0.3, -0.25) is 9.36 Å². The number of aromatic nitrogens is 3. The van der Waals surface area contributed by atoms with Gasteiger partial charge >= 0.3 is 5.97 Å². The van der Waals surface area contributed by atoms with E-state index in [2.05, 4.69) is 9.97 Å². The second kappa shape index (κ2) is 7.13. The van der Waals surface area contributed by atoms with E-state index in [1.807, 2.05) is 32.9 Å². The third-order valence-electron chi connectivity index (χ3n) is 4.86. The van der Waals surface area contributed by atoms with Gasteiger partial charge in [-0.1, -0.05) is 19.9 Å². The Kier molecular flexibility index (Phi) is 5.39. The molecule has 6 nitrogen and oxygen atoms in total. The quantitative estimate of drug-likeness (QED) is 0.813. The highest BCUT2D eigenvalue weighted by Gasteiger charge is 2.43. The van der Waals surface area contributed by atoms with Gasteiger partial charge in [-0.2, -0.15) is 0 Å². The fraction of sp³-hybridized carbons (Fsp3) is 0.500. The Balaban J connectivity index is 2.35. The van der Waals surface area contributed by atoms with Crippen LogP contribution in [0.15, 0.2) is 30.9 Å². The summed E-state index contributed by atoms with van der Waals surface area (Å²) in [5.74, 6) is 0.0128. The summed E-state index contributed by atoms with van der Waals surface area (Å²) >= 11 is 0. The van der Waals surface area contributed by atoms with Crippen molar-refractivity contribution in [1.29, 1.82) is 0 Å². The summed E-state index contributed by atoms with van der Waals surface area (Å²) in [4.78, 5) is 20.8. The van der Waals surface area contributed by atoms with Crippen LogP contribution < -0.4 is 5.73 Å². The summed E-state index contributed by atoms with van der Waals surface area (Å²) in [5, 5.41) is 9.86. The molecule has 2 aromatic heterocycles. The van der Waals surface area contributed by atoms with Crippen LogP contribution in [0.25, 0.3) is 5.82 Å². The van der Waals surface area contributed by atoms with Gasteiger partial charge in [-0.25, -0.2) is 9.97 Å². The zero-order valence-electron chi connectivity index (χ0n) is 14.7. The van der Waals surface area contributed by atoms with E-state index in [-0.39, 0.29) is 11.8 Å². The second-order valence-corrected chi connectivity index (χ2v) is 6.85. The van der Waals surface area contributed by atoms with Crippen LogP contribution in [0.1, 0.15) is 38.4 Å². The normalized spacial score (nSPS) is 16.4. The first-order chi connectivity index (χ1) is 11.3. The molecule has 0 aliphatic rings. The number of carboxylic acids is 1. The molecule has 0 fully saturated rings. The number of rotatable bonds is 7. The van der Waals surface area contributed by atoms with Crippen LogP contribution in [-0.4, -0.2) is 32.2 Å². The van der Waals surface area contributed by atoms with Crippen LogP contribution in [0.4, 0.5) is 0 Å². The Hall–Kier alpha value is -2.21. The lowest BCUT2D eigenvalue weighted by Crippen LogP contribution is -2.40. The third kappa shape index (κ3) is 3.48. The molecule has 0 spiro atoms. The first-order valence-electron chi connectivity index (χ1n) is 8.20. The van der Waals surface area contributed by atoms with Crippen molar-refractivity contribution in [2.45, 2.75) is 39.5 Å². The summed E-state index contributed by atoms with van der Waals surface area (Å²) in [6.07, 6.45) is 5.88. The first kappa shape index (κ1) is 18.1. The van der Waals surface area contributed by atoms with E-state index >= 15 is 0 Å². The Bertz CT molecular complexity index is 695. The van der Waals surface area contributed by atoms with Gasteiger partial charge in [0.25, 0.3) is 0 Å². The van der Waals surface area contributed by atoms with Gasteiger partial charge in [-0.15, -0.1) is 0 Å². The maximum absolute atomic E-state index is 12.0. The predicted octanol–water partition coefficient (Wildman–Crippen LogP) is 2.54. The van der Waals surface area contributed by atoms with Gasteiger partial charge in [0.1, 0.15) is 17.6 Å². The molecule has 3 atom stereocenters. The van der Waals surface area contributed by atoms with Crippen molar-refractivity contribution in [1.82, 2.24) is 14.5 Å². The predicted molar refractivity (Wildman–Crippen MR) is 93.1 cm³/mol. The highest BCUT2D eigenvalue weighted by molar-refractivity contribution is 5.80. The molecule has 6 heteroatoms. The Morgan fingerprint density at radius 1 is 1.38 bits per heavy atom. The van der Waals surface area contributed by atoms with Gasteiger partial charge in [-0.05, 0) is 50.3 Å². The number of carbonyl (C=O) groups is 1. The van der Waals surface area contributed by atoms with E-state index in [0.717, 1.165) is 17.8 Å². The average molecular weight is 330 g/mol. The lowest BCUT2D eigenvalue weighted by atomic mass is 9.72. The van der Waals surface area contributed by atoms with Gasteiger partial charge in [0.15, 0.2) is 0 Å². The topological polar surface area (TPSA) is 94.0 Å². The molecule has 0 saturated heterocycles. The monoisotopic (exact) mass is 330 g/mol. The zero-order valence-corrected chi connectivity index (χ0v) is 14.7. The average Bonchev–Trinajstić information content (AvgIpc) is 3.04. The minimum Gasteiger partial charge on any atom is -0.481 e. The number of nitrogens with zero attached hydrogens (tertiary/aromatic N) is 3. The van der Waals surface area contributed by atoms with Crippen molar-refractivity contribution in [3.63, 3.8) is 0 Å². The molecule has 0 radical (unpaired) electrons. The maximum Gasteiger partial charge on any atom is 0.315 e. The number of hydrogen-bond donors (Lipinski definition) is 2. The molecule has 130 valence electrons. The van der Waals surface area contributed by atoms with E-state index < -0.39 is 11.4 Å². The van der Waals surface area contributed by atoms with E-state index in [1.165, 1.54) is 0 Å². The van der Waals surface area contributed by atoms with Gasteiger partial charge in [0.2, 0.25) is 0 Å². The number of imidazole rings is 1. The lowest BCUT2D eigenvalue weighted by molar-refractivity contribution is -0.145. The van der Waals surface area contributed by atoms with Gasteiger partial charge < -0.3 is 10.8 Å². The van der Waals surface area contributed by atoms with Gasteiger partial charge in [0, 0.05) is 12.4 Å². The highest BCUT2D eigenvalue weighted by atomic mass is 16.4. The van der Waals surface area contributed by atoms with Crippen molar-refractivity contribution in [2.75, 3.05) is 6.54 Å². The summed E-state index contributed by atoms with van der Waals surface area (Å²) in [6, 6.07) is 3.85. The molecule has 2 heterocycles. The Labute approximate surface area is 142 Å². The van der Waals surface area contributed by atoms with Crippen LogP contribution in [0.5, 0.6) is 0 Å². The van der Waals surface area contributed by atoms with Crippen molar-refractivity contribution >= 4 is 5.97 Å². The zero-order chi connectivity index (χ0) is 17.9. The fourth-order valence-corrected chi connectivity index (χ4v) is 2.84. The molecule has 0 saturated carbocycles. The second-order valence-electron chi connectivity index (χ2n) is 6.85. The maximum atomic E-state index is 12.0. The molecule has 0 aliphatic heterocycles.